The van der Waals surface area contributed by atoms with Gasteiger partial charge in [-0.2, -0.15) is 0 Å². The Morgan fingerprint density at radius 3 is 2.81 bits per heavy atom. The fourth-order valence-corrected chi connectivity index (χ4v) is 3.23. The standard InChI is InChI=1S/C20H21ClN2O3/c1-3-26-18-10-5-4-9-17(18)23-12-14(11-19(23)24)20(25)22-16-8-6-7-15(21)13(16)2/h4-10,14H,3,11-12H2,1-2H3,(H,22,25). The normalized spacial score (nSPS) is 16.7. The van der Waals surface area contributed by atoms with Crippen molar-refractivity contribution in [2.75, 3.05) is 23.4 Å². The van der Waals surface area contributed by atoms with Crippen LogP contribution in [0.1, 0.15) is 18.9 Å². The van der Waals surface area contributed by atoms with E-state index in [-0.39, 0.29) is 18.2 Å². The molecule has 0 aromatic heterocycles. The topological polar surface area (TPSA) is 58.6 Å². The highest BCUT2D eigenvalue weighted by molar-refractivity contribution is 6.31. The molecule has 1 atom stereocenters. The molecule has 2 aromatic carbocycles. The first-order valence-electron chi connectivity index (χ1n) is 8.59. The van der Waals surface area contributed by atoms with E-state index in [0.29, 0.717) is 35.3 Å². The van der Waals surface area contributed by atoms with E-state index in [1.165, 1.54) is 0 Å². The molecular formula is C20H21ClN2O3. The van der Waals surface area contributed by atoms with Gasteiger partial charge in [0.25, 0.3) is 0 Å². The summed E-state index contributed by atoms with van der Waals surface area (Å²) in [5, 5.41) is 3.49. The summed E-state index contributed by atoms with van der Waals surface area (Å²) in [6.07, 6.45) is 0.173. The lowest BCUT2D eigenvalue weighted by Crippen LogP contribution is -2.28. The third kappa shape index (κ3) is 3.68. The van der Waals surface area contributed by atoms with Crippen LogP contribution in [0.3, 0.4) is 0 Å². The van der Waals surface area contributed by atoms with Crippen LogP contribution >= 0.6 is 11.6 Å². The number of carbonyl (C=O) groups excluding carboxylic acids is 2. The van der Waals surface area contributed by atoms with Crippen molar-refractivity contribution in [2.24, 2.45) is 5.92 Å². The minimum Gasteiger partial charge on any atom is -0.492 e. The van der Waals surface area contributed by atoms with E-state index in [1.807, 2.05) is 38.1 Å². The average Bonchev–Trinajstić information content (AvgIpc) is 3.01. The third-order valence-corrected chi connectivity index (χ3v) is 4.89. The van der Waals surface area contributed by atoms with Crippen molar-refractivity contribution in [3.05, 3.63) is 53.1 Å². The Kier molecular flexibility index (Phi) is 5.47. The van der Waals surface area contributed by atoms with Gasteiger partial charge in [-0.1, -0.05) is 29.8 Å². The average molecular weight is 373 g/mol. The van der Waals surface area contributed by atoms with Crippen LogP contribution in [-0.2, 0) is 9.59 Å². The predicted molar refractivity (Wildman–Crippen MR) is 103 cm³/mol. The molecule has 26 heavy (non-hydrogen) atoms. The molecule has 2 amide bonds. The molecule has 0 radical (unpaired) electrons. The number of nitrogens with one attached hydrogen (secondary N) is 1. The van der Waals surface area contributed by atoms with Crippen LogP contribution in [0.25, 0.3) is 0 Å². The lowest BCUT2D eigenvalue weighted by molar-refractivity contribution is -0.122. The largest absolute Gasteiger partial charge is 0.492 e. The Balaban J connectivity index is 1.75. The molecule has 0 aliphatic carbocycles. The van der Waals surface area contributed by atoms with Gasteiger partial charge in [-0.05, 0) is 43.7 Å². The summed E-state index contributed by atoms with van der Waals surface area (Å²) in [5.41, 5.74) is 2.18. The Morgan fingerprint density at radius 2 is 2.04 bits per heavy atom. The zero-order valence-electron chi connectivity index (χ0n) is 14.8. The Bertz CT molecular complexity index is 838. The summed E-state index contributed by atoms with van der Waals surface area (Å²) in [6.45, 7) is 4.58. The lowest BCUT2D eigenvalue weighted by atomic mass is 10.1. The fourth-order valence-electron chi connectivity index (χ4n) is 3.05. The Labute approximate surface area is 157 Å². The lowest BCUT2D eigenvalue weighted by Gasteiger charge is -2.20. The molecule has 0 saturated carbocycles. The summed E-state index contributed by atoms with van der Waals surface area (Å²) in [5.74, 6) is -0.0362. The van der Waals surface area contributed by atoms with Crippen LogP contribution in [0.2, 0.25) is 5.02 Å². The minimum atomic E-state index is -0.421. The van der Waals surface area contributed by atoms with Gasteiger partial charge in [-0.25, -0.2) is 0 Å². The number of amides is 2. The monoisotopic (exact) mass is 372 g/mol. The highest BCUT2D eigenvalue weighted by Crippen LogP contribution is 2.33. The van der Waals surface area contributed by atoms with Crippen molar-refractivity contribution in [2.45, 2.75) is 20.3 Å². The van der Waals surface area contributed by atoms with Crippen LogP contribution < -0.4 is 15.0 Å². The number of rotatable bonds is 5. The van der Waals surface area contributed by atoms with Crippen molar-refractivity contribution in [3.8, 4) is 5.75 Å². The smallest absolute Gasteiger partial charge is 0.229 e. The number of nitrogens with zero attached hydrogens (tertiary/aromatic N) is 1. The van der Waals surface area contributed by atoms with Crippen molar-refractivity contribution in [1.29, 1.82) is 0 Å². The van der Waals surface area contributed by atoms with Gasteiger partial charge >= 0.3 is 0 Å². The van der Waals surface area contributed by atoms with Crippen molar-refractivity contribution >= 4 is 34.8 Å². The van der Waals surface area contributed by atoms with Gasteiger partial charge in [0.15, 0.2) is 0 Å². The Morgan fingerprint density at radius 1 is 1.27 bits per heavy atom. The Hall–Kier alpha value is -2.53. The molecule has 3 rings (SSSR count). The molecule has 1 unspecified atom stereocenters. The summed E-state index contributed by atoms with van der Waals surface area (Å²) in [7, 11) is 0. The third-order valence-electron chi connectivity index (χ3n) is 4.48. The molecule has 1 heterocycles. The summed E-state index contributed by atoms with van der Waals surface area (Å²) < 4.78 is 5.61. The first kappa shape index (κ1) is 18.3. The van der Waals surface area contributed by atoms with E-state index in [1.54, 1.807) is 23.1 Å². The molecule has 0 spiro atoms. The fraction of sp³-hybridized carbons (Fsp3) is 0.300. The molecule has 136 valence electrons. The van der Waals surface area contributed by atoms with Crippen LogP contribution in [0.15, 0.2) is 42.5 Å². The number of halogens is 1. The van der Waals surface area contributed by atoms with Crippen molar-refractivity contribution < 1.29 is 14.3 Å². The number of hydrogen-bond donors (Lipinski definition) is 1. The molecule has 2 aromatic rings. The van der Waals surface area contributed by atoms with Crippen LogP contribution in [0.5, 0.6) is 5.75 Å². The van der Waals surface area contributed by atoms with Crippen LogP contribution in [0, 0.1) is 12.8 Å². The van der Waals surface area contributed by atoms with Crippen molar-refractivity contribution in [3.63, 3.8) is 0 Å². The van der Waals surface area contributed by atoms with Crippen LogP contribution in [-0.4, -0.2) is 25.0 Å². The van der Waals surface area contributed by atoms with Gasteiger partial charge in [0.05, 0.1) is 18.2 Å². The number of hydrogen-bond acceptors (Lipinski definition) is 3. The van der Waals surface area contributed by atoms with Gasteiger partial charge < -0.3 is 15.0 Å². The highest BCUT2D eigenvalue weighted by Gasteiger charge is 2.36. The maximum Gasteiger partial charge on any atom is 0.229 e. The molecule has 1 aliphatic rings. The van der Waals surface area contributed by atoms with E-state index in [0.717, 1.165) is 5.56 Å². The first-order valence-corrected chi connectivity index (χ1v) is 8.97. The van der Waals surface area contributed by atoms with Crippen molar-refractivity contribution in [1.82, 2.24) is 0 Å². The van der Waals surface area contributed by atoms with Gasteiger partial charge in [0, 0.05) is 23.7 Å². The molecule has 1 fully saturated rings. The zero-order valence-corrected chi connectivity index (χ0v) is 15.5. The number of carbonyl (C=O) groups is 2. The van der Waals surface area contributed by atoms with Gasteiger partial charge in [0.1, 0.15) is 5.75 Å². The van der Waals surface area contributed by atoms with E-state index in [9.17, 15) is 9.59 Å². The van der Waals surface area contributed by atoms with E-state index in [2.05, 4.69) is 5.32 Å². The molecule has 5 nitrogen and oxygen atoms in total. The minimum absolute atomic E-state index is 0.0832. The molecule has 1 saturated heterocycles. The maximum absolute atomic E-state index is 12.6. The highest BCUT2D eigenvalue weighted by atomic mass is 35.5. The molecule has 1 aliphatic heterocycles. The van der Waals surface area contributed by atoms with E-state index >= 15 is 0 Å². The summed E-state index contributed by atoms with van der Waals surface area (Å²) in [6, 6.07) is 12.7. The van der Waals surface area contributed by atoms with Gasteiger partial charge in [-0.3, -0.25) is 9.59 Å². The summed E-state index contributed by atoms with van der Waals surface area (Å²) in [4.78, 5) is 26.8. The van der Waals surface area contributed by atoms with E-state index < -0.39 is 5.92 Å². The zero-order chi connectivity index (χ0) is 18.7. The number of anilines is 2. The first-order chi connectivity index (χ1) is 12.5. The number of benzene rings is 2. The summed E-state index contributed by atoms with van der Waals surface area (Å²) >= 11 is 6.10. The predicted octanol–water partition coefficient (Wildman–Crippen LogP) is 4.04. The van der Waals surface area contributed by atoms with Gasteiger partial charge in [-0.15, -0.1) is 0 Å². The second-order valence-corrected chi connectivity index (χ2v) is 6.61. The van der Waals surface area contributed by atoms with E-state index in [4.69, 9.17) is 16.3 Å². The quantitative estimate of drug-likeness (QED) is 0.861. The van der Waals surface area contributed by atoms with Crippen LogP contribution in [0.4, 0.5) is 11.4 Å². The molecule has 6 heteroatoms. The maximum atomic E-state index is 12.6. The van der Waals surface area contributed by atoms with Gasteiger partial charge in [0.2, 0.25) is 11.8 Å². The second kappa shape index (κ2) is 7.79. The molecule has 0 bridgehead atoms. The molecular weight excluding hydrogens is 352 g/mol. The second-order valence-electron chi connectivity index (χ2n) is 6.21. The molecule has 1 N–H and O–H groups in total. The number of ether oxygens (including phenoxy) is 1. The number of para-hydroxylation sites is 2. The SMILES string of the molecule is CCOc1ccccc1N1CC(C(=O)Nc2cccc(Cl)c2C)CC1=O.